The number of nitrogens with zero attached hydrogens (tertiary/aromatic N) is 3. The van der Waals surface area contributed by atoms with Gasteiger partial charge in [0.15, 0.2) is 11.5 Å². The van der Waals surface area contributed by atoms with Crippen LogP contribution >= 0.6 is 11.3 Å². The Morgan fingerprint density at radius 2 is 2.10 bits per heavy atom. The van der Waals surface area contributed by atoms with Crippen LogP contribution in [0.5, 0.6) is 11.5 Å². The van der Waals surface area contributed by atoms with Crippen molar-refractivity contribution in [2.24, 2.45) is 0 Å². The normalized spacial score (nSPS) is 17.7. The van der Waals surface area contributed by atoms with Gasteiger partial charge in [0.05, 0.1) is 19.1 Å². The maximum atomic E-state index is 12.9. The highest BCUT2D eigenvalue weighted by molar-refractivity contribution is 7.91. The smallest absolute Gasteiger partial charge is 0.252 e. The van der Waals surface area contributed by atoms with Gasteiger partial charge < -0.3 is 14.0 Å². The molecule has 1 fully saturated rings. The lowest BCUT2D eigenvalue weighted by atomic mass is 10.00. The Bertz CT molecular complexity index is 1130. The van der Waals surface area contributed by atoms with Crippen LogP contribution in [0.1, 0.15) is 38.5 Å². The number of thiophene rings is 1. The second kappa shape index (κ2) is 8.97. The zero-order valence-electron chi connectivity index (χ0n) is 17.6. The topological polar surface area (TPSA) is 94.8 Å². The molecule has 1 aliphatic heterocycles. The minimum absolute atomic E-state index is 0.0243. The minimum Gasteiger partial charge on any atom is -0.493 e. The van der Waals surface area contributed by atoms with Gasteiger partial charge in [-0.15, -0.1) is 11.3 Å². The lowest BCUT2D eigenvalue weighted by molar-refractivity contribution is 0.230. The Morgan fingerprint density at radius 1 is 1.26 bits per heavy atom. The van der Waals surface area contributed by atoms with Crippen LogP contribution in [0, 0.1) is 0 Å². The van der Waals surface area contributed by atoms with Gasteiger partial charge in [-0.05, 0) is 56.3 Å². The first kappa shape index (κ1) is 21.8. The highest BCUT2D eigenvalue weighted by atomic mass is 32.2. The van der Waals surface area contributed by atoms with Crippen molar-refractivity contribution in [3.05, 3.63) is 41.6 Å². The molecule has 1 aromatic carbocycles. The molecule has 10 heteroatoms. The fourth-order valence-corrected chi connectivity index (χ4v) is 6.24. The summed E-state index contributed by atoms with van der Waals surface area (Å²) in [6.45, 7) is 4.72. The standard InChI is InChI=1S/C21H25N3O5S2/c1-14(2)28-17-9-8-15(12-18(17)27-3)20-22-21(29-23-20)16-6-4-10-24(13-16)31(25,26)19-7-5-11-30-19/h5,7-9,11-12,14,16H,4,6,10,13H2,1-3H3/t16-/m0/s1. The van der Waals surface area contributed by atoms with E-state index in [0.717, 1.165) is 18.4 Å². The molecule has 1 saturated heterocycles. The van der Waals surface area contributed by atoms with Crippen molar-refractivity contribution in [3.8, 4) is 22.9 Å². The molecule has 0 N–H and O–H groups in total. The summed E-state index contributed by atoms with van der Waals surface area (Å²) in [6.07, 6.45) is 1.56. The van der Waals surface area contributed by atoms with Gasteiger partial charge in [0.25, 0.3) is 10.0 Å². The molecule has 31 heavy (non-hydrogen) atoms. The first-order chi connectivity index (χ1) is 14.9. The SMILES string of the molecule is COc1cc(-c2noc([C@H]3CCCN(S(=O)(=O)c4cccs4)C3)n2)ccc1OC(C)C. The van der Waals surface area contributed by atoms with Crippen molar-refractivity contribution in [2.45, 2.75) is 42.9 Å². The predicted molar refractivity (Wildman–Crippen MR) is 117 cm³/mol. The van der Waals surface area contributed by atoms with Gasteiger partial charge >= 0.3 is 0 Å². The van der Waals surface area contributed by atoms with Gasteiger partial charge in [-0.2, -0.15) is 9.29 Å². The van der Waals surface area contributed by atoms with E-state index in [1.165, 1.54) is 15.6 Å². The Balaban J connectivity index is 1.53. The van der Waals surface area contributed by atoms with Crippen molar-refractivity contribution in [1.29, 1.82) is 0 Å². The van der Waals surface area contributed by atoms with E-state index in [9.17, 15) is 8.42 Å². The van der Waals surface area contributed by atoms with Gasteiger partial charge in [0.2, 0.25) is 11.7 Å². The summed E-state index contributed by atoms with van der Waals surface area (Å²) in [4.78, 5) is 4.56. The Kier molecular flexibility index (Phi) is 6.31. The average molecular weight is 464 g/mol. The molecule has 3 heterocycles. The molecule has 4 rings (SSSR count). The molecular weight excluding hydrogens is 438 g/mol. The van der Waals surface area contributed by atoms with E-state index in [1.807, 2.05) is 26.0 Å². The second-order valence-electron chi connectivity index (χ2n) is 7.62. The molecule has 1 atom stereocenters. The van der Waals surface area contributed by atoms with Gasteiger partial charge in [-0.25, -0.2) is 8.42 Å². The van der Waals surface area contributed by atoms with Gasteiger partial charge in [-0.3, -0.25) is 0 Å². The maximum absolute atomic E-state index is 12.9. The van der Waals surface area contributed by atoms with Crippen molar-refractivity contribution < 1.29 is 22.4 Å². The zero-order chi connectivity index (χ0) is 22.0. The maximum Gasteiger partial charge on any atom is 0.252 e. The number of piperidine rings is 1. The van der Waals surface area contributed by atoms with Crippen LogP contribution in [0.15, 0.2) is 44.4 Å². The number of sulfonamides is 1. The van der Waals surface area contributed by atoms with E-state index in [0.29, 0.717) is 40.5 Å². The van der Waals surface area contributed by atoms with Crippen molar-refractivity contribution >= 4 is 21.4 Å². The van der Waals surface area contributed by atoms with Crippen molar-refractivity contribution in [3.63, 3.8) is 0 Å². The van der Waals surface area contributed by atoms with Gasteiger partial charge in [-0.1, -0.05) is 11.2 Å². The Labute approximate surface area is 185 Å². The van der Waals surface area contributed by atoms with Crippen LogP contribution in [0.2, 0.25) is 0 Å². The third-order valence-corrected chi connectivity index (χ3v) is 8.29. The molecule has 8 nitrogen and oxygen atoms in total. The van der Waals surface area contributed by atoms with Crippen molar-refractivity contribution in [1.82, 2.24) is 14.4 Å². The van der Waals surface area contributed by atoms with Crippen LogP contribution < -0.4 is 9.47 Å². The molecular formula is C21H25N3O5S2. The summed E-state index contributed by atoms with van der Waals surface area (Å²) in [5.41, 5.74) is 0.738. The predicted octanol–water partition coefficient (Wildman–Crippen LogP) is 4.16. The van der Waals surface area contributed by atoms with Crippen LogP contribution in [0.25, 0.3) is 11.4 Å². The molecule has 3 aromatic rings. The summed E-state index contributed by atoms with van der Waals surface area (Å²) in [5.74, 6) is 1.97. The third kappa shape index (κ3) is 4.60. The summed E-state index contributed by atoms with van der Waals surface area (Å²) in [6, 6.07) is 8.85. The van der Waals surface area contributed by atoms with E-state index < -0.39 is 10.0 Å². The summed E-state index contributed by atoms with van der Waals surface area (Å²) >= 11 is 1.23. The van der Waals surface area contributed by atoms with E-state index in [-0.39, 0.29) is 12.0 Å². The number of benzene rings is 1. The molecule has 2 aromatic heterocycles. The summed E-state index contributed by atoms with van der Waals surface area (Å²) < 4.78 is 44.3. The molecule has 0 unspecified atom stereocenters. The lowest BCUT2D eigenvalue weighted by Crippen LogP contribution is -2.38. The number of hydrogen-bond donors (Lipinski definition) is 0. The summed E-state index contributed by atoms with van der Waals surface area (Å²) in [7, 11) is -1.92. The fraction of sp³-hybridized carbons (Fsp3) is 0.429. The lowest BCUT2D eigenvalue weighted by Gasteiger charge is -2.29. The average Bonchev–Trinajstić information content (AvgIpc) is 3.46. The molecule has 166 valence electrons. The van der Waals surface area contributed by atoms with Gasteiger partial charge in [0, 0.05) is 18.7 Å². The number of methoxy groups -OCH3 is 1. The van der Waals surface area contributed by atoms with Crippen LogP contribution in [0.3, 0.4) is 0 Å². The monoisotopic (exact) mass is 463 g/mol. The number of rotatable bonds is 7. The van der Waals surface area contributed by atoms with E-state index in [1.54, 1.807) is 30.7 Å². The third-order valence-electron chi connectivity index (χ3n) is 5.05. The zero-order valence-corrected chi connectivity index (χ0v) is 19.3. The van der Waals surface area contributed by atoms with Gasteiger partial charge in [0.1, 0.15) is 4.21 Å². The van der Waals surface area contributed by atoms with E-state index >= 15 is 0 Å². The highest BCUT2D eigenvalue weighted by Crippen LogP contribution is 2.34. The van der Waals surface area contributed by atoms with E-state index in [2.05, 4.69) is 10.1 Å². The molecule has 0 spiro atoms. The molecule has 0 saturated carbocycles. The van der Waals surface area contributed by atoms with Crippen LogP contribution in [-0.2, 0) is 10.0 Å². The molecule has 1 aliphatic rings. The van der Waals surface area contributed by atoms with E-state index in [4.69, 9.17) is 14.0 Å². The molecule has 0 aliphatic carbocycles. The quantitative estimate of drug-likeness (QED) is 0.519. The second-order valence-corrected chi connectivity index (χ2v) is 10.7. The first-order valence-electron chi connectivity index (χ1n) is 10.1. The molecule has 0 radical (unpaired) electrons. The number of ether oxygens (including phenoxy) is 2. The largest absolute Gasteiger partial charge is 0.493 e. The minimum atomic E-state index is -3.50. The van der Waals surface area contributed by atoms with Crippen LogP contribution in [0.4, 0.5) is 0 Å². The summed E-state index contributed by atoms with van der Waals surface area (Å²) in [5, 5.41) is 5.88. The Morgan fingerprint density at radius 3 is 2.81 bits per heavy atom. The Hall–Kier alpha value is -2.43. The highest BCUT2D eigenvalue weighted by Gasteiger charge is 2.34. The fourth-order valence-electron chi connectivity index (χ4n) is 3.58. The number of aromatic nitrogens is 2. The first-order valence-corrected chi connectivity index (χ1v) is 12.4. The molecule has 0 bridgehead atoms. The van der Waals surface area contributed by atoms with Crippen LogP contribution in [-0.4, -0.2) is 49.2 Å². The molecule has 0 amide bonds. The van der Waals surface area contributed by atoms with Crippen molar-refractivity contribution in [2.75, 3.05) is 20.2 Å². The number of hydrogen-bond acceptors (Lipinski definition) is 8.